The van der Waals surface area contributed by atoms with Crippen LogP contribution in [0.1, 0.15) is 32.3 Å². The van der Waals surface area contributed by atoms with Gasteiger partial charge in [-0.3, -0.25) is 19.7 Å². The average molecular weight is 293 g/mol. The third kappa shape index (κ3) is 3.65. The molecule has 1 aromatic carbocycles. The zero-order valence-corrected chi connectivity index (χ0v) is 11.6. The van der Waals surface area contributed by atoms with Crippen molar-refractivity contribution < 1.29 is 24.7 Å². The molecule has 7 heteroatoms. The maximum atomic E-state index is 11.8. The second-order valence-electron chi connectivity index (χ2n) is 4.28. The monoisotopic (exact) mass is 293 g/mol. The van der Waals surface area contributed by atoms with E-state index in [1.54, 1.807) is 13.8 Å². The van der Waals surface area contributed by atoms with Gasteiger partial charge in [-0.1, -0.05) is 13.8 Å². The van der Waals surface area contributed by atoms with Crippen LogP contribution in [0.25, 0.3) is 6.08 Å². The molecule has 0 radical (unpaired) electrons. The van der Waals surface area contributed by atoms with Crippen LogP contribution in [0.15, 0.2) is 17.7 Å². The molecule has 1 aromatic rings. The lowest BCUT2D eigenvalue weighted by Gasteiger charge is -2.05. The molecule has 0 saturated carbocycles. The minimum Gasteiger partial charge on any atom is -0.504 e. The summed E-state index contributed by atoms with van der Waals surface area (Å²) in [4.78, 5) is 33.4. The van der Waals surface area contributed by atoms with E-state index in [4.69, 9.17) is 0 Å². The number of nitrogens with zero attached hydrogens (tertiary/aromatic N) is 1. The Kier molecular flexibility index (Phi) is 5.18. The minimum atomic E-state index is -0.866. The minimum absolute atomic E-state index is 0.0839. The van der Waals surface area contributed by atoms with Gasteiger partial charge in [-0.2, -0.15) is 0 Å². The average Bonchev–Trinajstić information content (AvgIpc) is 2.46. The van der Waals surface area contributed by atoms with Crippen molar-refractivity contribution in [3.8, 4) is 11.5 Å². The first-order valence-corrected chi connectivity index (χ1v) is 6.30. The molecule has 0 bridgehead atoms. The highest BCUT2D eigenvalue weighted by molar-refractivity contribution is 6.23. The van der Waals surface area contributed by atoms with Gasteiger partial charge in [0.05, 0.1) is 10.5 Å². The van der Waals surface area contributed by atoms with Crippen LogP contribution in [-0.4, -0.2) is 26.7 Å². The number of benzene rings is 1. The summed E-state index contributed by atoms with van der Waals surface area (Å²) in [5, 5.41) is 29.6. The lowest BCUT2D eigenvalue weighted by atomic mass is 9.99. The van der Waals surface area contributed by atoms with E-state index in [0.717, 1.165) is 12.1 Å². The number of aromatic hydroxyl groups is 2. The zero-order chi connectivity index (χ0) is 16.2. The van der Waals surface area contributed by atoms with Crippen LogP contribution < -0.4 is 0 Å². The molecule has 2 N–H and O–H groups in total. The fourth-order valence-corrected chi connectivity index (χ4v) is 1.71. The lowest BCUT2D eigenvalue weighted by Crippen LogP contribution is -2.10. The first kappa shape index (κ1) is 16.4. The van der Waals surface area contributed by atoms with E-state index in [0.29, 0.717) is 0 Å². The molecule has 0 fully saturated rings. The molecule has 0 aromatic heterocycles. The number of carbonyl (C=O) groups excluding carboxylic acids is 2. The molecule has 0 unspecified atom stereocenters. The van der Waals surface area contributed by atoms with Gasteiger partial charge in [0.15, 0.2) is 17.3 Å². The van der Waals surface area contributed by atoms with Crippen molar-refractivity contribution in [2.24, 2.45) is 0 Å². The number of phenols is 2. The van der Waals surface area contributed by atoms with E-state index < -0.39 is 33.7 Å². The molecule has 0 saturated heterocycles. The molecule has 7 nitrogen and oxygen atoms in total. The van der Waals surface area contributed by atoms with Crippen LogP contribution in [-0.2, 0) is 9.59 Å². The third-order valence-electron chi connectivity index (χ3n) is 2.84. The summed E-state index contributed by atoms with van der Waals surface area (Å²) in [5.74, 6) is -2.33. The molecule has 0 aliphatic rings. The van der Waals surface area contributed by atoms with E-state index in [9.17, 15) is 29.9 Å². The van der Waals surface area contributed by atoms with Crippen molar-refractivity contribution in [2.75, 3.05) is 0 Å². The second kappa shape index (κ2) is 6.65. The van der Waals surface area contributed by atoms with Gasteiger partial charge in [0, 0.05) is 18.9 Å². The number of ketones is 2. The van der Waals surface area contributed by atoms with Crippen molar-refractivity contribution in [3.63, 3.8) is 0 Å². The summed E-state index contributed by atoms with van der Waals surface area (Å²) in [6.45, 7) is 3.19. The smallest absolute Gasteiger partial charge is 0.315 e. The van der Waals surface area contributed by atoms with E-state index in [-0.39, 0.29) is 24.0 Å². The Hall–Kier alpha value is -2.70. The standard InChI is InChI=1S/C14H15NO6/c1-3-11(16)9(12(17)4-2)5-8-6-10(15(20)21)14(19)13(18)7-8/h5-7,18-19H,3-4H2,1-2H3. The number of carbonyl (C=O) groups is 2. The second-order valence-corrected chi connectivity index (χ2v) is 4.28. The Morgan fingerprint density at radius 2 is 1.71 bits per heavy atom. The fourth-order valence-electron chi connectivity index (χ4n) is 1.71. The molecule has 0 atom stereocenters. The predicted molar refractivity (Wildman–Crippen MR) is 75.0 cm³/mol. The van der Waals surface area contributed by atoms with Gasteiger partial charge in [0.25, 0.3) is 0 Å². The Morgan fingerprint density at radius 3 is 2.14 bits per heavy atom. The maximum Gasteiger partial charge on any atom is 0.315 e. The normalized spacial score (nSPS) is 10.0. The van der Waals surface area contributed by atoms with Crippen LogP contribution in [0, 0.1) is 10.1 Å². The number of phenolic OH excluding ortho intramolecular Hbond substituents is 2. The van der Waals surface area contributed by atoms with Gasteiger partial charge in [-0.25, -0.2) is 0 Å². The summed E-state index contributed by atoms with van der Waals surface area (Å²) in [6.07, 6.45) is 1.41. The van der Waals surface area contributed by atoms with Crippen LogP contribution in [0.2, 0.25) is 0 Å². The summed E-state index contributed by atoms with van der Waals surface area (Å²) in [7, 11) is 0. The van der Waals surface area contributed by atoms with Crippen molar-refractivity contribution in [1.29, 1.82) is 0 Å². The Balaban J connectivity index is 3.44. The molecule has 0 heterocycles. The Bertz CT molecular complexity index is 615. The van der Waals surface area contributed by atoms with Gasteiger partial charge in [0.2, 0.25) is 5.75 Å². The molecule has 0 aliphatic carbocycles. The van der Waals surface area contributed by atoms with Crippen LogP contribution in [0.3, 0.4) is 0 Å². The molecule has 1 rings (SSSR count). The van der Waals surface area contributed by atoms with Crippen molar-refractivity contribution in [1.82, 2.24) is 0 Å². The van der Waals surface area contributed by atoms with E-state index >= 15 is 0 Å². The largest absolute Gasteiger partial charge is 0.504 e. The number of nitro groups is 1. The molecule has 0 aliphatic heterocycles. The molecule has 0 amide bonds. The topological polar surface area (TPSA) is 118 Å². The molecule has 21 heavy (non-hydrogen) atoms. The van der Waals surface area contributed by atoms with Gasteiger partial charge >= 0.3 is 5.69 Å². The van der Waals surface area contributed by atoms with Crippen molar-refractivity contribution in [3.05, 3.63) is 33.4 Å². The van der Waals surface area contributed by atoms with Crippen LogP contribution in [0.4, 0.5) is 5.69 Å². The number of hydrogen-bond acceptors (Lipinski definition) is 6. The zero-order valence-electron chi connectivity index (χ0n) is 11.6. The summed E-state index contributed by atoms with van der Waals surface area (Å²) in [6, 6.07) is 2.04. The van der Waals surface area contributed by atoms with Crippen molar-refractivity contribution >= 4 is 23.3 Å². The number of nitro benzene ring substituents is 1. The summed E-state index contributed by atoms with van der Waals surface area (Å²) >= 11 is 0. The Morgan fingerprint density at radius 1 is 1.19 bits per heavy atom. The first-order chi connectivity index (χ1) is 9.81. The lowest BCUT2D eigenvalue weighted by molar-refractivity contribution is -0.386. The summed E-state index contributed by atoms with van der Waals surface area (Å²) in [5.41, 5.74) is -0.691. The maximum absolute atomic E-state index is 11.8. The van der Waals surface area contributed by atoms with E-state index in [2.05, 4.69) is 0 Å². The van der Waals surface area contributed by atoms with Gasteiger partial charge in [-0.15, -0.1) is 0 Å². The number of rotatable bonds is 6. The molecular formula is C14H15NO6. The number of allylic oxidation sites excluding steroid dienone is 1. The highest BCUT2D eigenvalue weighted by Crippen LogP contribution is 2.36. The molecule has 112 valence electrons. The predicted octanol–water partition coefficient (Wildman–Crippen LogP) is 2.35. The number of hydrogen-bond donors (Lipinski definition) is 2. The first-order valence-electron chi connectivity index (χ1n) is 6.30. The van der Waals surface area contributed by atoms with Crippen LogP contribution in [0.5, 0.6) is 11.5 Å². The van der Waals surface area contributed by atoms with Crippen molar-refractivity contribution in [2.45, 2.75) is 26.7 Å². The van der Waals surface area contributed by atoms with Gasteiger partial charge in [-0.05, 0) is 17.7 Å². The number of Topliss-reactive ketones (excluding diaryl/α,β-unsaturated/α-hetero) is 2. The third-order valence-corrected chi connectivity index (χ3v) is 2.84. The van der Waals surface area contributed by atoms with Gasteiger partial charge < -0.3 is 10.2 Å². The quantitative estimate of drug-likeness (QED) is 0.207. The highest BCUT2D eigenvalue weighted by atomic mass is 16.6. The van der Waals surface area contributed by atoms with Crippen LogP contribution >= 0.6 is 0 Å². The SMILES string of the molecule is CCC(=O)C(=Cc1cc(O)c(O)c([N+](=O)[O-])c1)C(=O)CC. The Labute approximate surface area is 120 Å². The molecular weight excluding hydrogens is 278 g/mol. The van der Waals surface area contributed by atoms with E-state index in [1.165, 1.54) is 6.08 Å². The highest BCUT2D eigenvalue weighted by Gasteiger charge is 2.20. The summed E-state index contributed by atoms with van der Waals surface area (Å²) < 4.78 is 0. The van der Waals surface area contributed by atoms with E-state index in [1.807, 2.05) is 0 Å². The fraction of sp³-hybridized carbons (Fsp3) is 0.286. The molecule has 0 spiro atoms. The van der Waals surface area contributed by atoms with Gasteiger partial charge in [0.1, 0.15) is 0 Å².